The number of benzene rings is 2. The van der Waals surface area contributed by atoms with Gasteiger partial charge in [-0.25, -0.2) is 0 Å². The highest BCUT2D eigenvalue weighted by molar-refractivity contribution is 6.01. The highest BCUT2D eigenvalue weighted by atomic mass is 16.2. The van der Waals surface area contributed by atoms with Crippen LogP contribution in [0.4, 0.5) is 11.4 Å². The van der Waals surface area contributed by atoms with Gasteiger partial charge in [-0.3, -0.25) is 14.4 Å². The lowest BCUT2D eigenvalue weighted by atomic mass is 9.86. The highest BCUT2D eigenvalue weighted by Crippen LogP contribution is 2.24. The summed E-state index contributed by atoms with van der Waals surface area (Å²) in [7, 11) is 0. The van der Waals surface area contributed by atoms with Crippen LogP contribution in [0, 0.1) is 5.92 Å². The maximum absolute atomic E-state index is 12.9. The zero-order valence-electron chi connectivity index (χ0n) is 19.6. The Labute approximate surface area is 190 Å². The first kappa shape index (κ1) is 23.5. The average Bonchev–Trinajstić information content (AvgIpc) is 3.17. The third-order valence-corrected chi connectivity index (χ3v) is 5.77. The molecule has 1 atom stereocenters. The number of nitrogens with one attached hydrogen (secondary N) is 2. The number of carbonyl (C=O) groups excluding carboxylic acids is 3. The van der Waals surface area contributed by atoms with E-state index in [1.54, 1.807) is 29.2 Å². The molecular weight excluding hydrogens is 402 g/mol. The largest absolute Gasteiger partial charge is 0.340 e. The maximum atomic E-state index is 12.9. The second-order valence-electron chi connectivity index (χ2n) is 9.71. The molecule has 1 aliphatic heterocycles. The molecule has 2 aromatic rings. The van der Waals surface area contributed by atoms with Crippen LogP contribution in [0.5, 0.6) is 0 Å². The molecule has 1 heterocycles. The number of hydrogen-bond donors (Lipinski definition) is 2. The van der Waals surface area contributed by atoms with Gasteiger partial charge in [0.15, 0.2) is 0 Å². The van der Waals surface area contributed by atoms with Crippen molar-refractivity contribution in [3.05, 3.63) is 59.7 Å². The fourth-order valence-corrected chi connectivity index (χ4v) is 3.75. The molecule has 32 heavy (non-hydrogen) atoms. The average molecular weight is 436 g/mol. The van der Waals surface area contributed by atoms with E-state index in [2.05, 4.69) is 31.4 Å². The van der Waals surface area contributed by atoms with Gasteiger partial charge < -0.3 is 15.5 Å². The normalized spacial score (nSPS) is 15.1. The van der Waals surface area contributed by atoms with Crippen LogP contribution in [0.1, 0.15) is 63.4 Å². The molecule has 0 spiro atoms. The molecule has 1 aliphatic rings. The Balaban J connectivity index is 1.65. The fraction of sp³-hybridized carbons (Fsp3) is 0.423. The molecular formula is C26H33N3O3. The summed E-state index contributed by atoms with van der Waals surface area (Å²) in [5, 5.41) is 5.75. The Morgan fingerprint density at radius 3 is 2.09 bits per heavy atom. The second-order valence-corrected chi connectivity index (χ2v) is 9.71. The van der Waals surface area contributed by atoms with Gasteiger partial charge in [0.05, 0.1) is 0 Å². The third kappa shape index (κ3) is 5.55. The number of rotatable bonds is 6. The van der Waals surface area contributed by atoms with E-state index in [-0.39, 0.29) is 29.1 Å². The summed E-state index contributed by atoms with van der Waals surface area (Å²) in [5.41, 5.74) is 3.13. The molecule has 0 bridgehead atoms. The second kappa shape index (κ2) is 9.55. The van der Waals surface area contributed by atoms with Gasteiger partial charge in [-0.2, -0.15) is 0 Å². The minimum absolute atomic E-state index is 0.00692. The first-order chi connectivity index (χ1) is 15.1. The van der Waals surface area contributed by atoms with Crippen LogP contribution in [-0.2, 0) is 15.0 Å². The van der Waals surface area contributed by atoms with Gasteiger partial charge in [-0.15, -0.1) is 0 Å². The fourth-order valence-electron chi connectivity index (χ4n) is 3.75. The van der Waals surface area contributed by atoms with Crippen molar-refractivity contribution in [3.63, 3.8) is 0 Å². The van der Waals surface area contributed by atoms with Crippen LogP contribution in [0.2, 0.25) is 0 Å². The van der Waals surface area contributed by atoms with Gasteiger partial charge in [0, 0.05) is 29.9 Å². The molecule has 3 rings (SSSR count). The quantitative estimate of drug-likeness (QED) is 0.701. The maximum Gasteiger partial charge on any atom is 0.251 e. The number of anilines is 2. The molecule has 0 aliphatic carbocycles. The molecule has 0 radical (unpaired) electrons. The van der Waals surface area contributed by atoms with Gasteiger partial charge >= 0.3 is 0 Å². The molecule has 0 saturated carbocycles. The lowest BCUT2D eigenvalue weighted by Crippen LogP contribution is -2.47. The molecule has 1 unspecified atom stereocenters. The zero-order chi connectivity index (χ0) is 23.5. The van der Waals surface area contributed by atoms with Crippen molar-refractivity contribution in [3.8, 4) is 0 Å². The highest BCUT2D eigenvalue weighted by Gasteiger charge is 2.26. The first-order valence-corrected chi connectivity index (χ1v) is 11.2. The molecule has 2 aromatic carbocycles. The minimum Gasteiger partial charge on any atom is -0.340 e. The summed E-state index contributed by atoms with van der Waals surface area (Å²) < 4.78 is 0. The van der Waals surface area contributed by atoms with Crippen LogP contribution in [0.25, 0.3) is 0 Å². The number of hydrogen-bond acceptors (Lipinski definition) is 3. The molecule has 2 N–H and O–H groups in total. The van der Waals surface area contributed by atoms with Crippen LogP contribution < -0.4 is 15.5 Å². The smallest absolute Gasteiger partial charge is 0.251 e. The molecule has 1 saturated heterocycles. The minimum atomic E-state index is -0.676. The van der Waals surface area contributed by atoms with E-state index < -0.39 is 6.04 Å². The van der Waals surface area contributed by atoms with Gasteiger partial charge in [-0.1, -0.05) is 46.8 Å². The molecule has 0 aromatic heterocycles. The van der Waals surface area contributed by atoms with E-state index in [9.17, 15) is 14.4 Å². The van der Waals surface area contributed by atoms with E-state index in [1.807, 2.05) is 38.1 Å². The van der Waals surface area contributed by atoms with Crippen molar-refractivity contribution in [2.75, 3.05) is 16.8 Å². The van der Waals surface area contributed by atoms with Crippen LogP contribution in [-0.4, -0.2) is 30.3 Å². The monoisotopic (exact) mass is 435 g/mol. The van der Waals surface area contributed by atoms with E-state index in [0.29, 0.717) is 17.7 Å². The summed E-state index contributed by atoms with van der Waals surface area (Å²) >= 11 is 0. The molecule has 1 fully saturated rings. The standard InChI is InChI=1S/C26H33N3O3/c1-17(2)23(28-24(31)18-8-10-19(11-9-18)26(3,4)5)25(32)27-20-12-14-21(15-13-20)29-16-6-7-22(29)30/h8-15,17,23H,6-7,16H2,1-5H3,(H,27,32)(H,28,31). The van der Waals surface area contributed by atoms with Crippen LogP contribution in [0.15, 0.2) is 48.5 Å². The first-order valence-electron chi connectivity index (χ1n) is 11.2. The Bertz CT molecular complexity index is 973. The SMILES string of the molecule is CC(C)C(NC(=O)c1ccc(C(C)(C)C)cc1)C(=O)Nc1ccc(N2CCCC2=O)cc1. The molecule has 170 valence electrons. The van der Waals surface area contributed by atoms with Crippen molar-refractivity contribution in [2.24, 2.45) is 5.92 Å². The van der Waals surface area contributed by atoms with Crippen molar-refractivity contribution in [1.29, 1.82) is 0 Å². The van der Waals surface area contributed by atoms with Gasteiger partial charge in [0.1, 0.15) is 6.04 Å². The Morgan fingerprint density at radius 2 is 1.59 bits per heavy atom. The Kier molecular flexibility index (Phi) is 7.02. The molecule has 6 heteroatoms. The summed E-state index contributed by atoms with van der Waals surface area (Å²) in [6.07, 6.45) is 1.44. The summed E-state index contributed by atoms with van der Waals surface area (Å²) in [6, 6.07) is 14.0. The van der Waals surface area contributed by atoms with E-state index in [1.165, 1.54) is 0 Å². The van der Waals surface area contributed by atoms with Crippen molar-refractivity contribution < 1.29 is 14.4 Å². The predicted molar refractivity (Wildman–Crippen MR) is 128 cm³/mol. The van der Waals surface area contributed by atoms with Gasteiger partial charge in [-0.05, 0) is 59.7 Å². The number of amides is 3. The van der Waals surface area contributed by atoms with Crippen molar-refractivity contribution in [1.82, 2.24) is 5.32 Å². The Hall–Kier alpha value is -3.15. The zero-order valence-corrected chi connectivity index (χ0v) is 19.6. The lowest BCUT2D eigenvalue weighted by molar-refractivity contribution is -0.119. The number of nitrogens with zero attached hydrogens (tertiary/aromatic N) is 1. The van der Waals surface area contributed by atoms with Gasteiger partial charge in [0.25, 0.3) is 5.91 Å². The summed E-state index contributed by atoms with van der Waals surface area (Å²) in [5.74, 6) is -0.513. The van der Waals surface area contributed by atoms with Crippen molar-refractivity contribution >= 4 is 29.1 Å². The third-order valence-electron chi connectivity index (χ3n) is 5.77. The summed E-state index contributed by atoms with van der Waals surface area (Å²) in [4.78, 5) is 39.3. The van der Waals surface area contributed by atoms with Crippen LogP contribution >= 0.6 is 0 Å². The van der Waals surface area contributed by atoms with E-state index >= 15 is 0 Å². The Morgan fingerprint density at radius 1 is 0.969 bits per heavy atom. The van der Waals surface area contributed by atoms with Gasteiger partial charge in [0.2, 0.25) is 11.8 Å². The van der Waals surface area contributed by atoms with Crippen molar-refractivity contribution in [2.45, 2.75) is 58.9 Å². The lowest BCUT2D eigenvalue weighted by Gasteiger charge is -2.23. The topological polar surface area (TPSA) is 78.5 Å². The van der Waals surface area contributed by atoms with Crippen LogP contribution in [0.3, 0.4) is 0 Å². The predicted octanol–water partition coefficient (Wildman–Crippen LogP) is 4.50. The summed E-state index contributed by atoms with van der Waals surface area (Å²) in [6.45, 7) is 10.9. The molecule has 3 amide bonds. The molecule has 6 nitrogen and oxygen atoms in total. The number of carbonyl (C=O) groups is 3. The van der Waals surface area contributed by atoms with E-state index in [0.717, 1.165) is 24.2 Å². The van der Waals surface area contributed by atoms with E-state index in [4.69, 9.17) is 0 Å².